The highest BCUT2D eigenvalue weighted by molar-refractivity contribution is 6.01. The predicted molar refractivity (Wildman–Crippen MR) is 92.1 cm³/mol. The first kappa shape index (κ1) is 17.4. The molecule has 1 aliphatic carbocycles. The second-order valence-electron chi connectivity index (χ2n) is 6.86. The molecule has 2 heterocycles. The second-order valence-corrected chi connectivity index (χ2v) is 6.86. The third-order valence-corrected chi connectivity index (χ3v) is 5.01. The van der Waals surface area contributed by atoms with Crippen molar-refractivity contribution in [3.8, 4) is 0 Å². The van der Waals surface area contributed by atoms with E-state index in [2.05, 4.69) is 10.4 Å². The molecule has 1 N–H and O–H groups in total. The summed E-state index contributed by atoms with van der Waals surface area (Å²) >= 11 is 0. The summed E-state index contributed by atoms with van der Waals surface area (Å²) in [6, 6.07) is 0.147. The molecule has 4 amide bonds. The number of nitrogens with zero attached hydrogens (tertiary/aromatic N) is 4. The molecule has 1 aliphatic heterocycles. The van der Waals surface area contributed by atoms with Crippen LogP contribution in [0.25, 0.3) is 0 Å². The maximum atomic E-state index is 12.1. The van der Waals surface area contributed by atoms with E-state index in [9.17, 15) is 14.4 Å². The minimum absolute atomic E-state index is 0.116. The van der Waals surface area contributed by atoms with Crippen LogP contribution in [-0.2, 0) is 9.59 Å². The van der Waals surface area contributed by atoms with E-state index in [1.54, 1.807) is 13.2 Å². The molecule has 0 aromatic carbocycles. The smallest absolute Gasteiger partial charge is 0.323 e. The van der Waals surface area contributed by atoms with Crippen molar-refractivity contribution in [2.45, 2.75) is 51.5 Å². The van der Waals surface area contributed by atoms with Crippen LogP contribution in [0.1, 0.15) is 50.3 Å². The number of nitrogens with one attached hydrogen (secondary N) is 1. The average Bonchev–Trinajstić information content (AvgIpc) is 3.26. The molecule has 1 aromatic heterocycles. The van der Waals surface area contributed by atoms with Crippen molar-refractivity contribution in [2.75, 3.05) is 25.5 Å². The number of carbonyl (C=O) groups is 3. The fourth-order valence-corrected chi connectivity index (χ4v) is 3.56. The Morgan fingerprint density at radius 3 is 2.68 bits per heavy atom. The Balaban J connectivity index is 1.48. The van der Waals surface area contributed by atoms with E-state index in [0.717, 1.165) is 24.2 Å². The van der Waals surface area contributed by atoms with E-state index in [-0.39, 0.29) is 37.4 Å². The first-order valence-electron chi connectivity index (χ1n) is 8.87. The molecule has 136 valence electrons. The summed E-state index contributed by atoms with van der Waals surface area (Å²) < 4.78 is 2.01. The number of imide groups is 1. The highest BCUT2D eigenvalue weighted by Gasteiger charge is 2.32. The van der Waals surface area contributed by atoms with Gasteiger partial charge in [0, 0.05) is 20.0 Å². The molecule has 1 saturated carbocycles. The standard InChI is InChI=1S/C17H25N5O3/c1-12-14(10-18-22(12)13-6-3-4-7-13)19-15(23)8-5-9-21-16(24)11-20(2)17(21)25/h10,13H,3-9,11H2,1-2H3,(H,19,23). The quantitative estimate of drug-likeness (QED) is 0.797. The summed E-state index contributed by atoms with van der Waals surface area (Å²) in [5.74, 6) is -0.330. The number of urea groups is 1. The van der Waals surface area contributed by atoms with E-state index in [1.807, 2.05) is 11.6 Å². The molecule has 3 rings (SSSR count). The minimum Gasteiger partial charge on any atom is -0.323 e. The van der Waals surface area contributed by atoms with Crippen LogP contribution in [0.2, 0.25) is 0 Å². The van der Waals surface area contributed by atoms with E-state index in [4.69, 9.17) is 0 Å². The third-order valence-electron chi connectivity index (χ3n) is 5.01. The number of anilines is 1. The number of likely N-dealkylation sites (N-methyl/N-ethyl adjacent to an activating group) is 1. The van der Waals surface area contributed by atoms with Gasteiger partial charge in [0.1, 0.15) is 6.54 Å². The van der Waals surface area contributed by atoms with Crippen LogP contribution in [0.15, 0.2) is 6.20 Å². The maximum absolute atomic E-state index is 12.1. The van der Waals surface area contributed by atoms with Crippen molar-refractivity contribution >= 4 is 23.5 Å². The molecule has 0 spiro atoms. The summed E-state index contributed by atoms with van der Waals surface area (Å²) in [6.07, 6.45) is 7.16. The van der Waals surface area contributed by atoms with E-state index >= 15 is 0 Å². The molecular formula is C17H25N5O3. The van der Waals surface area contributed by atoms with Gasteiger partial charge in [-0.3, -0.25) is 19.2 Å². The Bertz CT molecular complexity index is 678. The van der Waals surface area contributed by atoms with Gasteiger partial charge in [-0.25, -0.2) is 4.79 Å². The van der Waals surface area contributed by atoms with Crippen LogP contribution >= 0.6 is 0 Å². The van der Waals surface area contributed by atoms with Crippen molar-refractivity contribution in [1.29, 1.82) is 0 Å². The summed E-state index contributed by atoms with van der Waals surface area (Å²) in [5.41, 5.74) is 1.72. The number of hydrogen-bond donors (Lipinski definition) is 1. The van der Waals surface area contributed by atoms with Crippen LogP contribution in [0, 0.1) is 6.92 Å². The van der Waals surface area contributed by atoms with Gasteiger partial charge in [0.05, 0.1) is 23.6 Å². The fraction of sp³-hybridized carbons (Fsp3) is 0.647. The largest absolute Gasteiger partial charge is 0.326 e. The summed E-state index contributed by atoms with van der Waals surface area (Å²) in [6.45, 7) is 2.36. The van der Waals surface area contributed by atoms with Crippen LogP contribution < -0.4 is 5.32 Å². The van der Waals surface area contributed by atoms with Crippen molar-refractivity contribution < 1.29 is 14.4 Å². The summed E-state index contributed by atoms with van der Waals surface area (Å²) in [4.78, 5) is 38.2. The zero-order valence-corrected chi connectivity index (χ0v) is 14.8. The van der Waals surface area contributed by atoms with Crippen LogP contribution in [0.4, 0.5) is 10.5 Å². The van der Waals surface area contributed by atoms with Gasteiger partial charge >= 0.3 is 6.03 Å². The number of carbonyl (C=O) groups excluding carboxylic acids is 3. The lowest BCUT2D eigenvalue weighted by molar-refractivity contribution is -0.125. The summed E-state index contributed by atoms with van der Waals surface area (Å²) in [5, 5.41) is 7.31. The van der Waals surface area contributed by atoms with Crippen molar-refractivity contribution in [1.82, 2.24) is 19.6 Å². The van der Waals surface area contributed by atoms with Crippen LogP contribution in [0.3, 0.4) is 0 Å². The van der Waals surface area contributed by atoms with Gasteiger partial charge in [-0.2, -0.15) is 5.10 Å². The molecular weight excluding hydrogens is 322 g/mol. The molecule has 1 aromatic rings. The lowest BCUT2D eigenvalue weighted by atomic mass is 10.2. The number of amides is 4. The molecule has 2 aliphatic rings. The van der Waals surface area contributed by atoms with Crippen molar-refractivity contribution in [3.05, 3.63) is 11.9 Å². The number of hydrogen-bond acceptors (Lipinski definition) is 4. The molecule has 0 radical (unpaired) electrons. The molecule has 8 heteroatoms. The zero-order chi connectivity index (χ0) is 18.0. The maximum Gasteiger partial charge on any atom is 0.326 e. The van der Waals surface area contributed by atoms with Gasteiger partial charge in [-0.15, -0.1) is 0 Å². The lowest BCUT2D eigenvalue weighted by Gasteiger charge is -2.14. The number of aromatic nitrogens is 2. The van der Waals surface area contributed by atoms with E-state index in [0.29, 0.717) is 12.5 Å². The minimum atomic E-state index is -0.293. The van der Waals surface area contributed by atoms with E-state index < -0.39 is 0 Å². The fourth-order valence-electron chi connectivity index (χ4n) is 3.56. The van der Waals surface area contributed by atoms with E-state index in [1.165, 1.54) is 22.6 Å². The van der Waals surface area contributed by atoms with Crippen LogP contribution in [0.5, 0.6) is 0 Å². The molecule has 0 bridgehead atoms. The van der Waals surface area contributed by atoms with Gasteiger partial charge in [0.15, 0.2) is 0 Å². The van der Waals surface area contributed by atoms with Crippen molar-refractivity contribution in [3.63, 3.8) is 0 Å². The Labute approximate surface area is 147 Å². The Kier molecular flexibility index (Phi) is 5.06. The highest BCUT2D eigenvalue weighted by Crippen LogP contribution is 2.31. The molecule has 8 nitrogen and oxygen atoms in total. The Morgan fingerprint density at radius 1 is 1.32 bits per heavy atom. The van der Waals surface area contributed by atoms with Crippen LogP contribution in [-0.4, -0.2) is 57.6 Å². The van der Waals surface area contributed by atoms with Gasteiger partial charge in [-0.1, -0.05) is 12.8 Å². The Morgan fingerprint density at radius 2 is 2.04 bits per heavy atom. The zero-order valence-electron chi connectivity index (χ0n) is 14.8. The van der Waals surface area contributed by atoms with Gasteiger partial charge in [0.2, 0.25) is 11.8 Å². The monoisotopic (exact) mass is 347 g/mol. The van der Waals surface area contributed by atoms with Crippen molar-refractivity contribution in [2.24, 2.45) is 0 Å². The molecule has 2 fully saturated rings. The lowest BCUT2D eigenvalue weighted by Crippen LogP contribution is -2.32. The first-order valence-corrected chi connectivity index (χ1v) is 8.87. The predicted octanol–water partition coefficient (Wildman–Crippen LogP) is 1.92. The third kappa shape index (κ3) is 3.67. The topological polar surface area (TPSA) is 87.5 Å². The Hall–Kier alpha value is -2.38. The molecule has 0 unspecified atom stereocenters. The van der Waals surface area contributed by atoms with Gasteiger partial charge < -0.3 is 10.2 Å². The SMILES string of the molecule is Cc1c(NC(=O)CCCN2C(=O)CN(C)C2=O)cnn1C1CCCC1. The summed E-state index contributed by atoms with van der Waals surface area (Å²) in [7, 11) is 1.59. The molecule has 25 heavy (non-hydrogen) atoms. The van der Waals surface area contributed by atoms with Gasteiger partial charge in [-0.05, 0) is 26.2 Å². The van der Waals surface area contributed by atoms with Gasteiger partial charge in [0.25, 0.3) is 0 Å². The second kappa shape index (κ2) is 7.25. The molecule has 0 atom stereocenters. The first-order chi connectivity index (χ1) is 12.0. The molecule has 1 saturated heterocycles. The highest BCUT2D eigenvalue weighted by atomic mass is 16.2. The number of rotatable bonds is 6. The normalized spacial score (nSPS) is 18.5. The average molecular weight is 347 g/mol.